The number of rotatable bonds is 18. The van der Waals surface area contributed by atoms with Crippen molar-refractivity contribution in [2.45, 2.75) is 130 Å². The van der Waals surface area contributed by atoms with Gasteiger partial charge in [-0.3, -0.25) is 4.79 Å². The van der Waals surface area contributed by atoms with Crippen LogP contribution in [-0.2, 0) is 14.3 Å². The summed E-state index contributed by atoms with van der Waals surface area (Å²) >= 11 is 0. The summed E-state index contributed by atoms with van der Waals surface area (Å²) in [7, 11) is 8.84. The maximum atomic E-state index is 13.3. The smallest absolute Gasteiger partial charge is 0.362 e. The van der Waals surface area contributed by atoms with Crippen molar-refractivity contribution in [1.82, 2.24) is 0 Å². The molecular formula is C35H68Cl2N2O3. The molecule has 2 aliphatic carbocycles. The summed E-state index contributed by atoms with van der Waals surface area (Å²) in [4.78, 5) is 25.8. The van der Waals surface area contributed by atoms with Gasteiger partial charge < -0.3 is 38.5 Å². The highest BCUT2D eigenvalue weighted by Gasteiger charge is 2.37. The number of likely N-dealkylation sites (N-methyl/N-ethyl adjacent to an activating group) is 2. The van der Waals surface area contributed by atoms with Crippen molar-refractivity contribution in [2.75, 3.05) is 54.4 Å². The largest absolute Gasteiger partial charge is 1.00 e. The molecule has 0 aliphatic heterocycles. The van der Waals surface area contributed by atoms with Crippen LogP contribution in [0, 0.1) is 29.6 Å². The van der Waals surface area contributed by atoms with E-state index < -0.39 is 0 Å². The SMILES string of the molecule is CC1CCCC(OC(=O)C[N+](C)(C)CCCCCCCCCC[N+](C)(C)CC(=O)C2CC(C)CCC2C(C)C)C1.[Cl-].[Cl-]. The Balaban J connectivity index is 0.00000840. The third-order valence-corrected chi connectivity index (χ3v) is 10.0. The topological polar surface area (TPSA) is 43.4 Å². The van der Waals surface area contributed by atoms with Crippen LogP contribution in [0.15, 0.2) is 0 Å². The third-order valence-electron chi connectivity index (χ3n) is 10.0. The summed E-state index contributed by atoms with van der Waals surface area (Å²) < 4.78 is 7.38. The number of hydrogen-bond donors (Lipinski definition) is 0. The molecule has 7 heteroatoms. The average molecular weight is 636 g/mol. The van der Waals surface area contributed by atoms with Crippen LogP contribution in [0.5, 0.6) is 0 Å². The Labute approximate surface area is 273 Å². The lowest BCUT2D eigenvalue weighted by Gasteiger charge is -2.38. The normalized spacial score (nSPS) is 24.9. The molecule has 42 heavy (non-hydrogen) atoms. The van der Waals surface area contributed by atoms with Crippen molar-refractivity contribution < 1.29 is 48.1 Å². The highest BCUT2D eigenvalue weighted by atomic mass is 35.5. The molecule has 0 saturated heterocycles. The lowest BCUT2D eigenvalue weighted by atomic mass is 9.68. The first-order valence-corrected chi connectivity index (χ1v) is 17.1. The summed E-state index contributed by atoms with van der Waals surface area (Å²) in [6.07, 6.45) is 18.4. The van der Waals surface area contributed by atoms with E-state index in [4.69, 9.17) is 4.74 Å². The van der Waals surface area contributed by atoms with E-state index in [9.17, 15) is 9.59 Å². The zero-order valence-corrected chi connectivity index (χ0v) is 30.3. The van der Waals surface area contributed by atoms with Crippen LogP contribution < -0.4 is 24.8 Å². The molecule has 2 aliphatic rings. The molecule has 250 valence electrons. The molecule has 2 rings (SSSR count). The molecule has 0 amide bonds. The minimum atomic E-state index is -0.0152. The van der Waals surface area contributed by atoms with Crippen molar-refractivity contribution in [1.29, 1.82) is 0 Å². The van der Waals surface area contributed by atoms with Crippen molar-refractivity contribution >= 4 is 11.8 Å². The van der Waals surface area contributed by atoms with Crippen LogP contribution in [0.2, 0.25) is 0 Å². The fourth-order valence-electron chi connectivity index (χ4n) is 7.47. The number of quaternary nitrogens is 2. The van der Waals surface area contributed by atoms with E-state index >= 15 is 0 Å². The van der Waals surface area contributed by atoms with Gasteiger partial charge in [-0.1, -0.05) is 66.2 Å². The molecule has 0 spiro atoms. The van der Waals surface area contributed by atoms with Crippen LogP contribution in [0.1, 0.15) is 124 Å². The first-order chi connectivity index (χ1) is 18.8. The van der Waals surface area contributed by atoms with Crippen LogP contribution in [0.4, 0.5) is 0 Å². The molecule has 0 radical (unpaired) electrons. The van der Waals surface area contributed by atoms with Crippen molar-refractivity contribution in [3.05, 3.63) is 0 Å². The summed E-state index contributed by atoms with van der Waals surface area (Å²) in [5.74, 6) is 3.37. The van der Waals surface area contributed by atoms with Crippen molar-refractivity contribution in [3.8, 4) is 0 Å². The highest BCUT2D eigenvalue weighted by Crippen LogP contribution is 2.38. The number of carbonyl (C=O) groups is 2. The Morgan fingerprint density at radius 1 is 0.690 bits per heavy atom. The summed E-state index contributed by atoms with van der Waals surface area (Å²) in [6, 6.07) is 0. The fourth-order valence-corrected chi connectivity index (χ4v) is 7.47. The summed E-state index contributed by atoms with van der Waals surface area (Å²) in [5.41, 5.74) is 0. The molecule has 0 aromatic heterocycles. The standard InChI is InChI=1S/C35H68N2O3.2ClH/c1-28(2)32-21-20-30(4)25-33(32)34(38)26-36(5,6)22-15-13-11-9-10-12-14-16-23-37(7,8)27-35(39)40-31-19-17-18-29(3)24-31;;/h28-33H,9-27H2,1-8H3;2*1H/q+2;;/p-2. The summed E-state index contributed by atoms with van der Waals surface area (Å²) in [5, 5.41) is 0. The number of esters is 1. The lowest BCUT2D eigenvalue weighted by molar-refractivity contribution is -0.883. The number of Topliss-reactive ketones (excluding diaryl/α,β-unsaturated/α-hetero) is 1. The molecular weight excluding hydrogens is 567 g/mol. The Morgan fingerprint density at radius 2 is 1.19 bits per heavy atom. The lowest BCUT2D eigenvalue weighted by Crippen LogP contribution is -3.00. The third kappa shape index (κ3) is 16.6. The zero-order chi connectivity index (χ0) is 29.8. The Bertz CT molecular complexity index is 759. The van der Waals surface area contributed by atoms with Gasteiger partial charge in [-0.25, -0.2) is 4.79 Å². The van der Waals surface area contributed by atoms with Gasteiger partial charge in [0.25, 0.3) is 0 Å². The molecule has 5 atom stereocenters. The van der Waals surface area contributed by atoms with Crippen molar-refractivity contribution in [2.24, 2.45) is 29.6 Å². The van der Waals surface area contributed by atoms with Crippen LogP contribution >= 0.6 is 0 Å². The van der Waals surface area contributed by atoms with Gasteiger partial charge in [-0.05, 0) is 81.5 Å². The monoisotopic (exact) mass is 634 g/mol. The van der Waals surface area contributed by atoms with Crippen LogP contribution in [-0.4, -0.2) is 81.2 Å². The molecule has 5 unspecified atom stereocenters. The molecule has 2 fully saturated rings. The van der Waals surface area contributed by atoms with E-state index in [2.05, 4.69) is 55.9 Å². The quantitative estimate of drug-likeness (QED) is 0.131. The Morgan fingerprint density at radius 3 is 1.71 bits per heavy atom. The Hall–Kier alpha value is -0.360. The minimum Gasteiger partial charge on any atom is -1.00 e. The number of ether oxygens (including phenoxy) is 1. The molecule has 0 heterocycles. The number of unbranched alkanes of at least 4 members (excludes halogenated alkanes) is 7. The Kier molecular flexibility index (Phi) is 20.5. The van der Waals surface area contributed by atoms with E-state index in [-0.39, 0.29) is 42.8 Å². The van der Waals surface area contributed by atoms with Gasteiger partial charge in [0.15, 0.2) is 12.3 Å². The number of carbonyl (C=O) groups excluding carboxylic acids is 2. The first kappa shape index (κ1) is 41.6. The average Bonchev–Trinajstić information content (AvgIpc) is 2.84. The fraction of sp³-hybridized carbons (Fsp3) is 0.943. The summed E-state index contributed by atoms with van der Waals surface area (Å²) in [6.45, 7) is 12.5. The van der Waals surface area contributed by atoms with Gasteiger partial charge in [0.1, 0.15) is 12.6 Å². The van der Waals surface area contributed by atoms with Crippen molar-refractivity contribution in [3.63, 3.8) is 0 Å². The predicted molar refractivity (Wildman–Crippen MR) is 168 cm³/mol. The number of hydrogen-bond acceptors (Lipinski definition) is 3. The number of ketones is 1. The highest BCUT2D eigenvalue weighted by molar-refractivity contribution is 5.82. The van der Waals surface area contributed by atoms with E-state index in [1.807, 2.05) is 0 Å². The van der Waals surface area contributed by atoms with E-state index in [1.165, 1.54) is 77.0 Å². The van der Waals surface area contributed by atoms with Gasteiger partial charge in [0.2, 0.25) is 0 Å². The van der Waals surface area contributed by atoms with Gasteiger partial charge in [0.05, 0.1) is 41.3 Å². The van der Waals surface area contributed by atoms with Gasteiger partial charge in [-0.2, -0.15) is 0 Å². The van der Waals surface area contributed by atoms with Gasteiger partial charge in [0, 0.05) is 5.92 Å². The molecule has 0 N–H and O–H groups in total. The second-order valence-electron chi connectivity index (χ2n) is 15.7. The van der Waals surface area contributed by atoms with Gasteiger partial charge >= 0.3 is 5.97 Å². The first-order valence-electron chi connectivity index (χ1n) is 17.1. The molecule has 0 aromatic rings. The molecule has 5 nitrogen and oxygen atoms in total. The number of halogens is 2. The van der Waals surface area contributed by atoms with E-state index in [1.54, 1.807) is 0 Å². The second-order valence-corrected chi connectivity index (χ2v) is 15.7. The maximum Gasteiger partial charge on any atom is 0.362 e. The maximum absolute atomic E-state index is 13.3. The minimum absolute atomic E-state index is 0. The van der Waals surface area contributed by atoms with E-state index in [0.29, 0.717) is 42.5 Å². The van der Waals surface area contributed by atoms with Crippen LogP contribution in [0.25, 0.3) is 0 Å². The molecule has 0 bridgehead atoms. The van der Waals surface area contributed by atoms with Crippen LogP contribution in [0.3, 0.4) is 0 Å². The predicted octanol–water partition coefficient (Wildman–Crippen LogP) is 1.67. The molecule has 0 aromatic carbocycles. The second kappa shape index (κ2) is 20.6. The molecule has 2 saturated carbocycles. The zero-order valence-electron chi connectivity index (χ0n) is 28.8. The number of nitrogens with zero attached hydrogens (tertiary/aromatic N) is 2. The van der Waals surface area contributed by atoms with Gasteiger partial charge in [-0.15, -0.1) is 0 Å². The van der Waals surface area contributed by atoms with E-state index in [0.717, 1.165) is 41.3 Å².